The molecule has 2 aromatic heterocycles. The molecule has 1 aliphatic heterocycles. The van der Waals surface area contributed by atoms with E-state index in [-0.39, 0.29) is 0 Å². The highest BCUT2D eigenvalue weighted by atomic mass is 35.5. The van der Waals surface area contributed by atoms with E-state index in [1.807, 2.05) is 30.3 Å². The highest BCUT2D eigenvalue weighted by molar-refractivity contribution is 6.31. The van der Waals surface area contributed by atoms with Crippen LogP contribution in [-0.2, 0) is 6.54 Å². The minimum absolute atomic E-state index is 0.325. The molecule has 1 saturated heterocycles. The predicted molar refractivity (Wildman–Crippen MR) is 96.2 cm³/mol. The van der Waals surface area contributed by atoms with Gasteiger partial charge in [0.15, 0.2) is 0 Å². The number of nitrogens with zero attached hydrogens (tertiary/aromatic N) is 4. The molecule has 1 fully saturated rings. The topological polar surface area (TPSA) is 55.1 Å². The second kappa shape index (κ2) is 7.33. The van der Waals surface area contributed by atoms with E-state index in [0.29, 0.717) is 11.8 Å². The number of pyridine rings is 1. The normalized spacial score (nSPS) is 16.2. The largest absolute Gasteiger partial charge is 0.420 e. The average molecular weight is 355 g/mol. The number of aromatic nitrogens is 3. The lowest BCUT2D eigenvalue weighted by atomic mass is 9.96. The fourth-order valence-electron chi connectivity index (χ4n) is 3.22. The Labute approximate surface area is 151 Å². The summed E-state index contributed by atoms with van der Waals surface area (Å²) in [5.41, 5.74) is 2.09. The van der Waals surface area contributed by atoms with Crippen molar-refractivity contribution in [2.24, 2.45) is 0 Å². The average Bonchev–Trinajstić information content (AvgIpc) is 3.15. The lowest BCUT2D eigenvalue weighted by Crippen LogP contribution is -2.32. The second-order valence-electron chi connectivity index (χ2n) is 6.32. The highest BCUT2D eigenvalue weighted by Gasteiger charge is 2.25. The molecular formula is C19H19ClN4O. The quantitative estimate of drug-likeness (QED) is 0.704. The first-order valence-corrected chi connectivity index (χ1v) is 8.87. The number of piperidine rings is 1. The van der Waals surface area contributed by atoms with Crippen molar-refractivity contribution >= 4 is 11.6 Å². The second-order valence-corrected chi connectivity index (χ2v) is 6.73. The molecule has 4 rings (SSSR count). The van der Waals surface area contributed by atoms with E-state index >= 15 is 0 Å². The van der Waals surface area contributed by atoms with E-state index in [1.54, 1.807) is 12.4 Å². The molecule has 5 nitrogen and oxygen atoms in total. The van der Waals surface area contributed by atoms with Crippen LogP contribution in [0.15, 0.2) is 53.2 Å². The summed E-state index contributed by atoms with van der Waals surface area (Å²) in [4.78, 5) is 6.44. The van der Waals surface area contributed by atoms with Crippen molar-refractivity contribution in [1.82, 2.24) is 20.1 Å². The molecular weight excluding hydrogens is 336 g/mol. The molecule has 0 radical (unpaired) electrons. The van der Waals surface area contributed by atoms with Crippen LogP contribution in [0.5, 0.6) is 0 Å². The summed E-state index contributed by atoms with van der Waals surface area (Å²) in [5.74, 6) is 1.63. The summed E-state index contributed by atoms with van der Waals surface area (Å²) in [6, 6.07) is 11.8. The summed E-state index contributed by atoms with van der Waals surface area (Å²) >= 11 is 6.26. The zero-order valence-electron chi connectivity index (χ0n) is 13.8. The molecule has 1 aliphatic rings. The molecule has 0 amide bonds. The Morgan fingerprint density at radius 2 is 1.80 bits per heavy atom. The fourth-order valence-corrected chi connectivity index (χ4v) is 3.41. The Morgan fingerprint density at radius 3 is 2.56 bits per heavy atom. The third-order valence-corrected chi connectivity index (χ3v) is 5.03. The molecule has 0 spiro atoms. The van der Waals surface area contributed by atoms with Gasteiger partial charge >= 0.3 is 0 Å². The van der Waals surface area contributed by atoms with Crippen molar-refractivity contribution < 1.29 is 4.42 Å². The van der Waals surface area contributed by atoms with Crippen LogP contribution in [-0.4, -0.2) is 33.2 Å². The molecule has 0 saturated carbocycles. The molecule has 0 unspecified atom stereocenters. The van der Waals surface area contributed by atoms with Gasteiger partial charge in [-0.2, -0.15) is 0 Å². The van der Waals surface area contributed by atoms with Gasteiger partial charge in [0.1, 0.15) is 0 Å². The van der Waals surface area contributed by atoms with Crippen molar-refractivity contribution in [3.8, 4) is 11.5 Å². The summed E-state index contributed by atoms with van der Waals surface area (Å²) in [6.07, 6.45) is 5.49. The fraction of sp³-hybridized carbons (Fsp3) is 0.316. The van der Waals surface area contributed by atoms with Crippen molar-refractivity contribution in [1.29, 1.82) is 0 Å². The van der Waals surface area contributed by atoms with Crippen molar-refractivity contribution in [3.63, 3.8) is 0 Å². The summed E-state index contributed by atoms with van der Waals surface area (Å²) in [6.45, 7) is 2.89. The maximum Gasteiger partial charge on any atom is 0.247 e. The van der Waals surface area contributed by atoms with Crippen LogP contribution in [0.3, 0.4) is 0 Å². The van der Waals surface area contributed by atoms with Crippen LogP contribution in [0.4, 0.5) is 0 Å². The lowest BCUT2D eigenvalue weighted by Gasteiger charge is -2.30. The number of hydrogen-bond acceptors (Lipinski definition) is 5. The standard InChI is InChI=1S/C19H19ClN4O/c20-17-4-2-1-3-16(17)13-24-11-7-15(8-12-24)19-23-22-18(25-19)14-5-9-21-10-6-14/h1-6,9-10,15H,7-8,11-13H2. The van der Waals surface area contributed by atoms with Gasteiger partial charge < -0.3 is 4.42 Å². The van der Waals surface area contributed by atoms with Crippen LogP contribution in [0.25, 0.3) is 11.5 Å². The SMILES string of the molecule is Clc1ccccc1CN1CCC(c2nnc(-c3ccncc3)o2)CC1. The summed E-state index contributed by atoms with van der Waals surface area (Å²) in [5, 5.41) is 9.28. The maximum atomic E-state index is 6.26. The van der Waals surface area contributed by atoms with Crippen molar-refractivity contribution in [2.45, 2.75) is 25.3 Å². The minimum atomic E-state index is 0.325. The molecule has 0 atom stereocenters. The Balaban J connectivity index is 1.38. The Hall–Kier alpha value is -2.24. The van der Waals surface area contributed by atoms with Gasteiger partial charge in [0.05, 0.1) is 0 Å². The first-order chi connectivity index (χ1) is 12.3. The molecule has 3 heterocycles. The third-order valence-electron chi connectivity index (χ3n) is 4.66. The van der Waals surface area contributed by atoms with E-state index in [1.165, 1.54) is 5.56 Å². The highest BCUT2D eigenvalue weighted by Crippen LogP contribution is 2.30. The smallest absolute Gasteiger partial charge is 0.247 e. The van der Waals surface area contributed by atoms with E-state index < -0.39 is 0 Å². The van der Waals surface area contributed by atoms with Crippen LogP contribution in [0.1, 0.15) is 30.2 Å². The zero-order chi connectivity index (χ0) is 17.1. The van der Waals surface area contributed by atoms with Crippen LogP contribution in [0.2, 0.25) is 5.02 Å². The summed E-state index contributed by atoms with van der Waals surface area (Å²) in [7, 11) is 0. The molecule has 3 aromatic rings. The Morgan fingerprint density at radius 1 is 1.04 bits per heavy atom. The first-order valence-electron chi connectivity index (χ1n) is 8.49. The molecule has 0 aliphatic carbocycles. The monoisotopic (exact) mass is 354 g/mol. The minimum Gasteiger partial charge on any atom is -0.420 e. The lowest BCUT2D eigenvalue weighted by molar-refractivity contribution is 0.193. The van der Waals surface area contributed by atoms with E-state index in [9.17, 15) is 0 Å². The van der Waals surface area contributed by atoms with Gasteiger partial charge in [-0.15, -0.1) is 10.2 Å². The Bertz CT molecular complexity index is 828. The number of halogens is 1. The number of benzene rings is 1. The molecule has 6 heteroatoms. The van der Waals surface area contributed by atoms with Gasteiger partial charge in [-0.1, -0.05) is 29.8 Å². The van der Waals surface area contributed by atoms with E-state index in [4.69, 9.17) is 16.0 Å². The number of hydrogen-bond donors (Lipinski definition) is 0. The van der Waals surface area contributed by atoms with E-state index in [2.05, 4.69) is 26.1 Å². The number of likely N-dealkylation sites (tertiary alicyclic amines) is 1. The molecule has 128 valence electrons. The van der Waals surface area contributed by atoms with Crippen LogP contribution < -0.4 is 0 Å². The van der Waals surface area contributed by atoms with Gasteiger partial charge in [0, 0.05) is 35.4 Å². The first kappa shape index (κ1) is 16.2. The van der Waals surface area contributed by atoms with Gasteiger partial charge in [0.25, 0.3) is 0 Å². The van der Waals surface area contributed by atoms with Crippen molar-refractivity contribution in [3.05, 3.63) is 65.3 Å². The van der Waals surface area contributed by atoms with Crippen molar-refractivity contribution in [2.75, 3.05) is 13.1 Å². The molecule has 25 heavy (non-hydrogen) atoms. The number of rotatable bonds is 4. The maximum absolute atomic E-state index is 6.26. The summed E-state index contributed by atoms with van der Waals surface area (Å²) < 4.78 is 5.89. The van der Waals surface area contributed by atoms with Gasteiger partial charge in [-0.25, -0.2) is 0 Å². The van der Waals surface area contributed by atoms with Gasteiger partial charge in [0.2, 0.25) is 11.8 Å². The van der Waals surface area contributed by atoms with Crippen LogP contribution in [0, 0.1) is 0 Å². The van der Waals surface area contributed by atoms with Crippen LogP contribution >= 0.6 is 11.6 Å². The third kappa shape index (κ3) is 3.72. The zero-order valence-corrected chi connectivity index (χ0v) is 14.6. The van der Waals surface area contributed by atoms with Gasteiger partial charge in [-0.3, -0.25) is 9.88 Å². The predicted octanol–water partition coefficient (Wildman–Crippen LogP) is 4.16. The molecule has 1 aromatic carbocycles. The van der Waals surface area contributed by atoms with Gasteiger partial charge in [-0.05, 0) is 49.7 Å². The molecule has 0 N–H and O–H groups in total. The van der Waals surface area contributed by atoms with E-state index in [0.717, 1.165) is 49.0 Å². The Kier molecular flexibility index (Phi) is 4.76. The molecule has 0 bridgehead atoms.